The number of carboxylic acid groups (broad SMARTS) is 1. The van der Waals surface area contributed by atoms with E-state index >= 15 is 0 Å². The average Bonchev–Trinajstić information content (AvgIpc) is 2.67. The molecule has 0 saturated heterocycles. The first-order chi connectivity index (χ1) is 7.18. The smallest absolute Gasteiger partial charge is 0.371 e. The predicted molar refractivity (Wildman–Crippen MR) is 56.1 cm³/mol. The van der Waals surface area contributed by atoms with E-state index < -0.39 is 5.97 Å². The fraction of sp³-hybridized carbons (Fsp3) is 0. The Labute approximate surface area is 90.9 Å². The van der Waals surface area contributed by atoms with Gasteiger partial charge in [0.25, 0.3) is 0 Å². The maximum Gasteiger partial charge on any atom is 0.371 e. The van der Waals surface area contributed by atoms with Crippen LogP contribution in [0.25, 0.3) is 11.1 Å². The summed E-state index contributed by atoms with van der Waals surface area (Å²) in [7, 11) is 0. The average molecular weight is 223 g/mol. The highest BCUT2D eigenvalue weighted by molar-refractivity contribution is 6.33. The Bertz CT molecular complexity index is 502. The molecule has 0 radical (unpaired) electrons. The summed E-state index contributed by atoms with van der Waals surface area (Å²) in [5, 5.41) is 9.25. The van der Waals surface area contributed by atoms with Crippen molar-refractivity contribution < 1.29 is 14.3 Å². The van der Waals surface area contributed by atoms with Gasteiger partial charge in [-0.2, -0.15) is 0 Å². The van der Waals surface area contributed by atoms with Gasteiger partial charge in [0, 0.05) is 16.1 Å². The second-order valence-corrected chi connectivity index (χ2v) is 3.39. The van der Waals surface area contributed by atoms with Gasteiger partial charge in [-0.15, -0.1) is 0 Å². The normalized spacial score (nSPS) is 10.2. The minimum Gasteiger partial charge on any atom is -0.475 e. The van der Waals surface area contributed by atoms with Gasteiger partial charge < -0.3 is 9.52 Å². The van der Waals surface area contributed by atoms with Gasteiger partial charge in [-0.3, -0.25) is 0 Å². The van der Waals surface area contributed by atoms with Crippen molar-refractivity contribution in [3.63, 3.8) is 0 Å². The Morgan fingerprint density at radius 2 is 2.07 bits per heavy atom. The molecular formula is C11H7ClO3. The molecule has 1 aromatic heterocycles. The lowest BCUT2D eigenvalue weighted by Crippen LogP contribution is -1.91. The molecule has 0 aliphatic rings. The summed E-state index contributed by atoms with van der Waals surface area (Å²) in [4.78, 5) is 10.6. The molecule has 0 atom stereocenters. The van der Waals surface area contributed by atoms with Crippen molar-refractivity contribution in [1.82, 2.24) is 0 Å². The fourth-order valence-electron chi connectivity index (χ4n) is 1.28. The van der Waals surface area contributed by atoms with Gasteiger partial charge in [0.1, 0.15) is 0 Å². The summed E-state index contributed by atoms with van der Waals surface area (Å²) in [5.41, 5.74) is 1.42. The molecule has 2 aromatic rings. The van der Waals surface area contributed by atoms with E-state index in [-0.39, 0.29) is 5.76 Å². The molecule has 0 aliphatic carbocycles. The molecular weight excluding hydrogens is 216 g/mol. The molecule has 0 saturated carbocycles. The zero-order valence-electron chi connectivity index (χ0n) is 7.61. The first-order valence-electron chi connectivity index (χ1n) is 4.25. The molecule has 0 unspecified atom stereocenters. The number of halogens is 1. The van der Waals surface area contributed by atoms with Crippen molar-refractivity contribution in [2.24, 2.45) is 0 Å². The van der Waals surface area contributed by atoms with Crippen molar-refractivity contribution in [1.29, 1.82) is 0 Å². The number of carboxylic acids is 1. The third-order valence-electron chi connectivity index (χ3n) is 2.00. The monoisotopic (exact) mass is 222 g/mol. The molecule has 3 nitrogen and oxygen atoms in total. The van der Waals surface area contributed by atoms with E-state index in [1.54, 1.807) is 12.1 Å². The van der Waals surface area contributed by atoms with Gasteiger partial charge in [0.15, 0.2) is 0 Å². The van der Waals surface area contributed by atoms with Crippen LogP contribution in [-0.4, -0.2) is 11.1 Å². The molecule has 1 N–H and O–H groups in total. The number of aromatic carboxylic acids is 1. The topological polar surface area (TPSA) is 50.4 Å². The molecule has 4 heteroatoms. The van der Waals surface area contributed by atoms with Crippen LogP contribution in [0.2, 0.25) is 5.02 Å². The zero-order chi connectivity index (χ0) is 10.8. The van der Waals surface area contributed by atoms with Crippen LogP contribution in [0.3, 0.4) is 0 Å². The summed E-state index contributed by atoms with van der Waals surface area (Å²) in [6, 6.07) is 8.63. The van der Waals surface area contributed by atoms with Gasteiger partial charge in [-0.05, 0) is 12.1 Å². The first kappa shape index (κ1) is 9.80. The third-order valence-corrected chi connectivity index (χ3v) is 2.32. The van der Waals surface area contributed by atoms with Crippen LogP contribution in [0.5, 0.6) is 0 Å². The summed E-state index contributed by atoms with van der Waals surface area (Å²) < 4.78 is 4.88. The molecule has 0 fully saturated rings. The minimum absolute atomic E-state index is 0.0927. The minimum atomic E-state index is -1.09. The van der Waals surface area contributed by atoms with Crippen LogP contribution in [0.15, 0.2) is 41.0 Å². The maximum absolute atomic E-state index is 10.6. The summed E-state index contributed by atoms with van der Waals surface area (Å²) in [5.74, 6) is -1.18. The summed E-state index contributed by atoms with van der Waals surface area (Å²) >= 11 is 5.96. The van der Waals surface area contributed by atoms with Gasteiger partial charge in [-0.1, -0.05) is 29.8 Å². The SMILES string of the molecule is O=C(O)c1cc(-c2ccccc2Cl)co1. The Hall–Kier alpha value is -1.74. The summed E-state index contributed by atoms with van der Waals surface area (Å²) in [6.45, 7) is 0. The fourth-order valence-corrected chi connectivity index (χ4v) is 1.53. The van der Waals surface area contributed by atoms with Crippen molar-refractivity contribution in [2.75, 3.05) is 0 Å². The second kappa shape index (κ2) is 3.79. The molecule has 0 bridgehead atoms. The van der Waals surface area contributed by atoms with Crippen LogP contribution < -0.4 is 0 Å². The summed E-state index contributed by atoms with van der Waals surface area (Å²) in [6.07, 6.45) is 1.38. The maximum atomic E-state index is 10.6. The number of rotatable bonds is 2. The van der Waals surface area contributed by atoms with E-state index in [0.717, 1.165) is 5.56 Å². The van der Waals surface area contributed by atoms with Gasteiger partial charge in [0.05, 0.1) is 6.26 Å². The Morgan fingerprint density at radius 3 is 2.67 bits per heavy atom. The van der Waals surface area contributed by atoms with Crippen molar-refractivity contribution >= 4 is 17.6 Å². The number of benzene rings is 1. The third kappa shape index (κ3) is 1.87. The van der Waals surface area contributed by atoms with Crippen LogP contribution in [0, 0.1) is 0 Å². The molecule has 0 spiro atoms. The number of hydrogen-bond donors (Lipinski definition) is 1. The van der Waals surface area contributed by atoms with E-state index in [0.29, 0.717) is 10.6 Å². The predicted octanol–water partition coefficient (Wildman–Crippen LogP) is 3.30. The van der Waals surface area contributed by atoms with E-state index in [9.17, 15) is 4.79 Å². The Kier molecular flexibility index (Phi) is 2.47. The van der Waals surface area contributed by atoms with Crippen molar-refractivity contribution in [3.05, 3.63) is 47.4 Å². The molecule has 15 heavy (non-hydrogen) atoms. The Morgan fingerprint density at radius 1 is 1.33 bits per heavy atom. The van der Waals surface area contributed by atoms with Crippen LogP contribution in [0.1, 0.15) is 10.6 Å². The lowest BCUT2D eigenvalue weighted by atomic mass is 10.1. The molecule has 1 aromatic carbocycles. The van der Waals surface area contributed by atoms with Crippen LogP contribution in [0.4, 0.5) is 0 Å². The van der Waals surface area contributed by atoms with Gasteiger partial charge in [0.2, 0.25) is 5.76 Å². The highest BCUT2D eigenvalue weighted by atomic mass is 35.5. The van der Waals surface area contributed by atoms with E-state index in [4.69, 9.17) is 21.1 Å². The number of furan rings is 1. The quantitative estimate of drug-likeness (QED) is 0.848. The van der Waals surface area contributed by atoms with Crippen LogP contribution in [-0.2, 0) is 0 Å². The number of hydrogen-bond acceptors (Lipinski definition) is 2. The molecule has 1 heterocycles. The zero-order valence-corrected chi connectivity index (χ0v) is 8.36. The number of carbonyl (C=O) groups is 1. The van der Waals surface area contributed by atoms with Crippen LogP contribution >= 0.6 is 11.6 Å². The van der Waals surface area contributed by atoms with E-state index in [1.165, 1.54) is 12.3 Å². The van der Waals surface area contributed by atoms with E-state index in [2.05, 4.69) is 0 Å². The highest BCUT2D eigenvalue weighted by Crippen LogP contribution is 2.28. The standard InChI is InChI=1S/C11H7ClO3/c12-9-4-2-1-3-8(9)7-5-10(11(13)14)15-6-7/h1-6H,(H,13,14). The lowest BCUT2D eigenvalue weighted by molar-refractivity contribution is 0.0662. The Balaban J connectivity index is 2.46. The van der Waals surface area contributed by atoms with E-state index in [1.807, 2.05) is 12.1 Å². The molecule has 76 valence electrons. The molecule has 0 aliphatic heterocycles. The molecule has 2 rings (SSSR count). The lowest BCUT2D eigenvalue weighted by Gasteiger charge is -1.98. The first-order valence-corrected chi connectivity index (χ1v) is 4.63. The van der Waals surface area contributed by atoms with Crippen molar-refractivity contribution in [3.8, 4) is 11.1 Å². The molecule has 0 amide bonds. The largest absolute Gasteiger partial charge is 0.475 e. The second-order valence-electron chi connectivity index (χ2n) is 2.98. The van der Waals surface area contributed by atoms with Gasteiger partial charge >= 0.3 is 5.97 Å². The van der Waals surface area contributed by atoms with Gasteiger partial charge in [-0.25, -0.2) is 4.79 Å². The highest BCUT2D eigenvalue weighted by Gasteiger charge is 2.11. The van der Waals surface area contributed by atoms with Crippen molar-refractivity contribution in [2.45, 2.75) is 0 Å².